The highest BCUT2D eigenvalue weighted by molar-refractivity contribution is 5.92. The minimum atomic E-state index is 0.00389. The van der Waals surface area contributed by atoms with Crippen molar-refractivity contribution < 1.29 is 9.59 Å². The van der Waals surface area contributed by atoms with Crippen molar-refractivity contribution in [2.75, 3.05) is 33.2 Å². The molecule has 2 aromatic rings. The summed E-state index contributed by atoms with van der Waals surface area (Å²) in [4.78, 5) is 29.0. The lowest BCUT2D eigenvalue weighted by molar-refractivity contribution is -0.132. The SMILES string of the molecule is CN(CCCNC(=O)C1CCN(C(=O)/C=C/c2ccccc2)CC1)Cc1ccccc1. The quantitative estimate of drug-likeness (QED) is 0.499. The van der Waals surface area contributed by atoms with Gasteiger partial charge in [0.25, 0.3) is 0 Å². The zero-order valence-corrected chi connectivity index (χ0v) is 18.4. The van der Waals surface area contributed by atoms with Crippen molar-refractivity contribution in [2.24, 2.45) is 5.92 Å². The average Bonchev–Trinajstić information content (AvgIpc) is 2.81. The van der Waals surface area contributed by atoms with Gasteiger partial charge < -0.3 is 15.1 Å². The van der Waals surface area contributed by atoms with Crippen molar-refractivity contribution in [3.05, 3.63) is 77.9 Å². The maximum atomic E-state index is 12.5. The molecule has 31 heavy (non-hydrogen) atoms. The van der Waals surface area contributed by atoms with E-state index in [0.717, 1.165) is 37.9 Å². The van der Waals surface area contributed by atoms with Gasteiger partial charge in [0, 0.05) is 38.2 Å². The molecule has 0 atom stereocenters. The second-order valence-corrected chi connectivity index (χ2v) is 8.21. The fourth-order valence-corrected chi connectivity index (χ4v) is 3.88. The largest absolute Gasteiger partial charge is 0.356 e. The number of carbonyl (C=O) groups excluding carboxylic acids is 2. The molecule has 5 nitrogen and oxygen atoms in total. The number of nitrogens with one attached hydrogen (secondary N) is 1. The van der Waals surface area contributed by atoms with Crippen LogP contribution in [0.5, 0.6) is 0 Å². The molecule has 1 saturated heterocycles. The molecule has 0 saturated carbocycles. The lowest BCUT2D eigenvalue weighted by atomic mass is 9.95. The Kier molecular flexibility index (Phi) is 8.85. The Morgan fingerprint density at radius 1 is 1.03 bits per heavy atom. The molecule has 0 bridgehead atoms. The standard InChI is InChI=1S/C26H33N3O2/c1-28(21-23-11-6-3-7-12-23)18-8-17-27-26(31)24-15-19-29(20-16-24)25(30)14-13-22-9-4-2-5-10-22/h2-7,9-14,24H,8,15-21H2,1H3,(H,27,31)/b14-13+. The molecule has 1 aliphatic heterocycles. The Morgan fingerprint density at radius 2 is 1.68 bits per heavy atom. The number of hydrogen-bond acceptors (Lipinski definition) is 3. The van der Waals surface area contributed by atoms with E-state index in [1.54, 1.807) is 6.08 Å². The predicted octanol–water partition coefficient (Wildman–Crippen LogP) is 3.58. The number of rotatable bonds is 9. The predicted molar refractivity (Wildman–Crippen MR) is 125 cm³/mol. The van der Waals surface area contributed by atoms with Crippen LogP contribution in [0.1, 0.15) is 30.4 Å². The Morgan fingerprint density at radius 3 is 2.35 bits per heavy atom. The molecule has 0 radical (unpaired) electrons. The van der Waals surface area contributed by atoms with Gasteiger partial charge in [0.05, 0.1) is 0 Å². The van der Waals surface area contributed by atoms with Crippen LogP contribution in [0, 0.1) is 5.92 Å². The van der Waals surface area contributed by atoms with Crippen molar-refractivity contribution in [3.8, 4) is 0 Å². The van der Waals surface area contributed by atoms with Gasteiger partial charge in [-0.3, -0.25) is 9.59 Å². The molecule has 2 amide bonds. The molecule has 1 aliphatic rings. The molecule has 1 heterocycles. The first kappa shape index (κ1) is 22.8. The maximum Gasteiger partial charge on any atom is 0.246 e. The summed E-state index contributed by atoms with van der Waals surface area (Å²) in [6.07, 6.45) is 5.85. The third-order valence-electron chi connectivity index (χ3n) is 5.71. The van der Waals surface area contributed by atoms with Crippen molar-refractivity contribution in [1.29, 1.82) is 0 Å². The molecule has 0 spiro atoms. The lowest BCUT2D eigenvalue weighted by Crippen LogP contribution is -2.42. The smallest absolute Gasteiger partial charge is 0.246 e. The molecule has 5 heteroatoms. The minimum absolute atomic E-state index is 0.00389. The Labute approximate surface area is 185 Å². The van der Waals surface area contributed by atoms with E-state index in [1.165, 1.54) is 5.56 Å². The Bertz CT molecular complexity index is 843. The zero-order valence-electron chi connectivity index (χ0n) is 18.4. The van der Waals surface area contributed by atoms with Gasteiger partial charge in [-0.2, -0.15) is 0 Å². The van der Waals surface area contributed by atoms with Gasteiger partial charge in [-0.05, 0) is 50.1 Å². The second kappa shape index (κ2) is 12.1. The van der Waals surface area contributed by atoms with E-state index in [1.807, 2.05) is 47.4 Å². The van der Waals surface area contributed by atoms with Gasteiger partial charge in [-0.15, -0.1) is 0 Å². The van der Waals surface area contributed by atoms with Gasteiger partial charge in [-0.1, -0.05) is 60.7 Å². The first-order valence-electron chi connectivity index (χ1n) is 11.1. The molecule has 0 unspecified atom stereocenters. The van der Waals surface area contributed by atoms with Crippen LogP contribution in [-0.4, -0.2) is 54.8 Å². The van der Waals surface area contributed by atoms with E-state index in [4.69, 9.17) is 0 Å². The summed E-state index contributed by atoms with van der Waals surface area (Å²) in [6, 6.07) is 20.2. The normalized spacial score (nSPS) is 14.8. The maximum absolute atomic E-state index is 12.5. The minimum Gasteiger partial charge on any atom is -0.356 e. The summed E-state index contributed by atoms with van der Waals surface area (Å²) in [5.74, 6) is 0.144. The van der Waals surface area contributed by atoms with Crippen LogP contribution in [0.4, 0.5) is 0 Å². The summed E-state index contributed by atoms with van der Waals surface area (Å²) in [7, 11) is 2.10. The summed E-state index contributed by atoms with van der Waals surface area (Å²) in [5, 5.41) is 3.08. The zero-order chi connectivity index (χ0) is 21.9. The van der Waals surface area contributed by atoms with Gasteiger partial charge in [0.15, 0.2) is 0 Å². The van der Waals surface area contributed by atoms with Crippen LogP contribution in [0.3, 0.4) is 0 Å². The summed E-state index contributed by atoms with van der Waals surface area (Å²) in [6.45, 7) is 3.82. The van der Waals surface area contributed by atoms with E-state index >= 15 is 0 Å². The molecule has 3 rings (SSSR count). The van der Waals surface area contributed by atoms with Crippen LogP contribution in [-0.2, 0) is 16.1 Å². The molecular weight excluding hydrogens is 386 g/mol. The van der Waals surface area contributed by atoms with Crippen LogP contribution < -0.4 is 5.32 Å². The van der Waals surface area contributed by atoms with Crippen LogP contribution >= 0.6 is 0 Å². The highest BCUT2D eigenvalue weighted by Gasteiger charge is 2.26. The number of hydrogen-bond donors (Lipinski definition) is 1. The third-order valence-corrected chi connectivity index (χ3v) is 5.71. The van der Waals surface area contributed by atoms with Crippen LogP contribution in [0.25, 0.3) is 6.08 Å². The molecule has 1 N–H and O–H groups in total. The summed E-state index contributed by atoms with van der Waals surface area (Å²) < 4.78 is 0. The molecule has 0 aromatic heterocycles. The number of likely N-dealkylation sites (tertiary alicyclic amines) is 1. The monoisotopic (exact) mass is 419 g/mol. The van der Waals surface area contributed by atoms with E-state index in [0.29, 0.717) is 19.6 Å². The van der Waals surface area contributed by atoms with Crippen molar-refractivity contribution in [2.45, 2.75) is 25.8 Å². The number of piperidine rings is 1. The molecule has 2 aromatic carbocycles. The van der Waals surface area contributed by atoms with E-state index in [-0.39, 0.29) is 17.7 Å². The number of amides is 2. The van der Waals surface area contributed by atoms with Gasteiger partial charge >= 0.3 is 0 Å². The molecular formula is C26H33N3O2. The second-order valence-electron chi connectivity index (χ2n) is 8.21. The first-order valence-corrected chi connectivity index (χ1v) is 11.1. The summed E-state index contributed by atoms with van der Waals surface area (Å²) in [5.41, 5.74) is 2.31. The van der Waals surface area contributed by atoms with Gasteiger partial charge in [-0.25, -0.2) is 0 Å². The van der Waals surface area contributed by atoms with Gasteiger partial charge in [0.1, 0.15) is 0 Å². The third kappa shape index (κ3) is 7.68. The lowest BCUT2D eigenvalue weighted by Gasteiger charge is -2.30. The molecule has 0 aliphatic carbocycles. The fraction of sp³-hybridized carbons (Fsp3) is 0.385. The van der Waals surface area contributed by atoms with Crippen molar-refractivity contribution in [1.82, 2.24) is 15.1 Å². The highest BCUT2D eigenvalue weighted by Crippen LogP contribution is 2.18. The fourth-order valence-electron chi connectivity index (χ4n) is 3.88. The van der Waals surface area contributed by atoms with E-state index in [2.05, 4.69) is 41.5 Å². The van der Waals surface area contributed by atoms with E-state index < -0.39 is 0 Å². The topological polar surface area (TPSA) is 52.7 Å². The van der Waals surface area contributed by atoms with Crippen LogP contribution in [0.15, 0.2) is 66.7 Å². The van der Waals surface area contributed by atoms with Crippen LogP contribution in [0.2, 0.25) is 0 Å². The van der Waals surface area contributed by atoms with Crippen molar-refractivity contribution in [3.63, 3.8) is 0 Å². The number of benzene rings is 2. The number of carbonyl (C=O) groups is 2. The number of nitrogens with zero attached hydrogens (tertiary/aromatic N) is 2. The van der Waals surface area contributed by atoms with E-state index in [9.17, 15) is 9.59 Å². The summed E-state index contributed by atoms with van der Waals surface area (Å²) >= 11 is 0. The Hall–Kier alpha value is -2.92. The van der Waals surface area contributed by atoms with Gasteiger partial charge in [0.2, 0.25) is 11.8 Å². The Balaban J connectivity index is 1.31. The van der Waals surface area contributed by atoms with Crippen molar-refractivity contribution >= 4 is 17.9 Å². The molecule has 1 fully saturated rings. The highest BCUT2D eigenvalue weighted by atomic mass is 16.2. The average molecular weight is 420 g/mol. The first-order chi connectivity index (χ1) is 15.1. The molecule has 164 valence electrons.